The first-order valence-corrected chi connectivity index (χ1v) is 9.02. The van der Waals surface area contributed by atoms with Crippen LogP contribution in [0, 0.1) is 13.8 Å². The number of hydrogen-bond donors (Lipinski definition) is 1. The van der Waals surface area contributed by atoms with Crippen molar-refractivity contribution in [2.75, 3.05) is 13.2 Å². The van der Waals surface area contributed by atoms with Crippen LogP contribution >= 0.6 is 11.3 Å². The van der Waals surface area contributed by atoms with E-state index in [2.05, 4.69) is 64.8 Å². The lowest BCUT2D eigenvalue weighted by molar-refractivity contribution is 0.185. The lowest BCUT2D eigenvalue weighted by Gasteiger charge is -2.21. The minimum Gasteiger partial charge on any atom is -0.395 e. The molecule has 2 aromatic heterocycles. The smallest absolute Gasteiger partial charge is 0.0651 e. The zero-order valence-corrected chi connectivity index (χ0v) is 15.0. The second kappa shape index (κ2) is 7.75. The van der Waals surface area contributed by atoms with Gasteiger partial charge in [0.1, 0.15) is 0 Å². The minimum atomic E-state index is 0.169. The van der Waals surface area contributed by atoms with Crippen LogP contribution in [0.3, 0.4) is 0 Å². The molecule has 0 aliphatic carbocycles. The molecule has 3 rings (SSSR count). The quantitative estimate of drug-likeness (QED) is 0.714. The van der Waals surface area contributed by atoms with Crippen LogP contribution in [0.15, 0.2) is 47.8 Å². The summed E-state index contributed by atoms with van der Waals surface area (Å²) >= 11 is 1.75. The van der Waals surface area contributed by atoms with E-state index in [0.717, 1.165) is 30.2 Å². The fraction of sp³-hybridized carbons (Fsp3) is 0.316. The Labute approximate surface area is 147 Å². The number of aliphatic hydroxyl groups excluding tert-OH is 1. The van der Waals surface area contributed by atoms with E-state index in [1.807, 2.05) is 11.6 Å². The standard InChI is InChI=1S/C19H23N3OS/c1-15-11-16(2)22(20-15)18-6-3-5-17(12-18)13-21(8-9-23)14-19-7-4-10-24-19/h3-7,10-12,23H,8-9,13-14H2,1-2H3. The predicted octanol–water partition coefficient (Wildman–Crippen LogP) is 3.55. The summed E-state index contributed by atoms with van der Waals surface area (Å²) in [6, 6.07) is 14.8. The van der Waals surface area contributed by atoms with Crippen LogP contribution in [0.25, 0.3) is 5.69 Å². The van der Waals surface area contributed by atoms with E-state index in [9.17, 15) is 5.11 Å². The molecule has 0 spiro atoms. The molecular formula is C19H23N3OS. The van der Waals surface area contributed by atoms with E-state index >= 15 is 0 Å². The monoisotopic (exact) mass is 341 g/mol. The third-order valence-corrected chi connectivity index (χ3v) is 4.81. The number of nitrogens with zero attached hydrogens (tertiary/aromatic N) is 3. The van der Waals surface area contributed by atoms with Crippen LogP contribution in [-0.4, -0.2) is 32.9 Å². The molecule has 0 fully saturated rings. The van der Waals surface area contributed by atoms with Gasteiger partial charge in [0.05, 0.1) is 18.0 Å². The van der Waals surface area contributed by atoms with Crippen molar-refractivity contribution in [3.63, 3.8) is 0 Å². The number of thiophene rings is 1. The van der Waals surface area contributed by atoms with Gasteiger partial charge in [-0.25, -0.2) is 4.68 Å². The van der Waals surface area contributed by atoms with E-state index in [1.54, 1.807) is 11.3 Å². The lowest BCUT2D eigenvalue weighted by atomic mass is 10.2. The van der Waals surface area contributed by atoms with Gasteiger partial charge < -0.3 is 5.11 Å². The lowest BCUT2D eigenvalue weighted by Crippen LogP contribution is -2.25. The summed E-state index contributed by atoms with van der Waals surface area (Å²) in [7, 11) is 0. The van der Waals surface area contributed by atoms with Crippen LogP contribution < -0.4 is 0 Å². The van der Waals surface area contributed by atoms with E-state index in [1.165, 1.54) is 10.4 Å². The molecule has 0 saturated carbocycles. The van der Waals surface area contributed by atoms with Gasteiger partial charge in [-0.05, 0) is 49.1 Å². The molecule has 3 aromatic rings. The first-order chi connectivity index (χ1) is 11.7. The summed E-state index contributed by atoms with van der Waals surface area (Å²) in [4.78, 5) is 3.59. The molecule has 5 heteroatoms. The molecule has 2 heterocycles. The first kappa shape index (κ1) is 16.9. The molecule has 0 saturated heterocycles. The van der Waals surface area contributed by atoms with Crippen molar-refractivity contribution in [2.24, 2.45) is 0 Å². The second-order valence-corrected chi connectivity index (χ2v) is 7.05. The number of aryl methyl sites for hydroxylation is 2. The normalized spacial score (nSPS) is 11.3. The van der Waals surface area contributed by atoms with Crippen LogP contribution in [-0.2, 0) is 13.1 Å². The highest BCUT2D eigenvalue weighted by Gasteiger charge is 2.09. The van der Waals surface area contributed by atoms with E-state index in [4.69, 9.17) is 0 Å². The van der Waals surface area contributed by atoms with Gasteiger partial charge >= 0.3 is 0 Å². The Hall–Kier alpha value is -1.95. The van der Waals surface area contributed by atoms with Crippen molar-refractivity contribution in [3.05, 3.63) is 69.7 Å². The van der Waals surface area contributed by atoms with Gasteiger partial charge in [-0.15, -0.1) is 11.3 Å². The van der Waals surface area contributed by atoms with E-state index in [0.29, 0.717) is 6.54 Å². The number of benzene rings is 1. The molecule has 0 aliphatic heterocycles. The summed E-state index contributed by atoms with van der Waals surface area (Å²) in [5.41, 5.74) is 4.47. The maximum atomic E-state index is 9.36. The molecule has 0 atom stereocenters. The molecule has 0 aliphatic rings. The van der Waals surface area contributed by atoms with Gasteiger partial charge in [0.2, 0.25) is 0 Å². The summed E-state index contributed by atoms with van der Waals surface area (Å²) in [6.07, 6.45) is 0. The fourth-order valence-electron chi connectivity index (χ4n) is 2.91. The number of aliphatic hydroxyl groups is 1. The Bertz CT molecular complexity index is 780. The number of hydrogen-bond acceptors (Lipinski definition) is 4. The Morgan fingerprint density at radius 3 is 2.67 bits per heavy atom. The molecule has 24 heavy (non-hydrogen) atoms. The van der Waals surface area contributed by atoms with Crippen molar-refractivity contribution in [2.45, 2.75) is 26.9 Å². The van der Waals surface area contributed by atoms with Crippen LogP contribution in [0.2, 0.25) is 0 Å². The van der Waals surface area contributed by atoms with Crippen LogP contribution in [0.5, 0.6) is 0 Å². The number of rotatable bonds is 7. The zero-order valence-electron chi connectivity index (χ0n) is 14.1. The molecule has 0 bridgehead atoms. The first-order valence-electron chi connectivity index (χ1n) is 8.14. The van der Waals surface area contributed by atoms with Gasteiger partial charge in [0, 0.05) is 30.2 Å². The zero-order chi connectivity index (χ0) is 16.9. The highest BCUT2D eigenvalue weighted by Crippen LogP contribution is 2.17. The highest BCUT2D eigenvalue weighted by atomic mass is 32.1. The number of aromatic nitrogens is 2. The molecule has 0 unspecified atom stereocenters. The summed E-state index contributed by atoms with van der Waals surface area (Å²) < 4.78 is 1.98. The van der Waals surface area contributed by atoms with Gasteiger partial charge in [-0.3, -0.25) is 4.90 Å². The van der Waals surface area contributed by atoms with Gasteiger partial charge in [0.15, 0.2) is 0 Å². The second-order valence-electron chi connectivity index (χ2n) is 6.02. The topological polar surface area (TPSA) is 41.3 Å². The molecule has 4 nitrogen and oxygen atoms in total. The van der Waals surface area contributed by atoms with Crippen molar-refractivity contribution < 1.29 is 5.11 Å². The molecule has 0 radical (unpaired) electrons. The molecule has 0 amide bonds. The van der Waals surface area contributed by atoms with E-state index < -0.39 is 0 Å². The van der Waals surface area contributed by atoms with Gasteiger partial charge in [0.25, 0.3) is 0 Å². The maximum Gasteiger partial charge on any atom is 0.0651 e. The maximum absolute atomic E-state index is 9.36. The average molecular weight is 341 g/mol. The Kier molecular flexibility index (Phi) is 5.45. The predicted molar refractivity (Wildman–Crippen MR) is 98.6 cm³/mol. The van der Waals surface area contributed by atoms with Crippen molar-refractivity contribution in [1.29, 1.82) is 0 Å². The Morgan fingerprint density at radius 2 is 2.00 bits per heavy atom. The summed E-state index contributed by atoms with van der Waals surface area (Å²) in [5, 5.41) is 16.0. The summed E-state index contributed by atoms with van der Waals surface area (Å²) in [5.74, 6) is 0. The van der Waals surface area contributed by atoms with Crippen molar-refractivity contribution in [1.82, 2.24) is 14.7 Å². The van der Waals surface area contributed by atoms with Gasteiger partial charge in [-0.1, -0.05) is 18.2 Å². The largest absolute Gasteiger partial charge is 0.395 e. The molecule has 126 valence electrons. The molecular weight excluding hydrogens is 318 g/mol. The SMILES string of the molecule is Cc1cc(C)n(-c2cccc(CN(CCO)Cc3cccs3)c2)n1. The van der Waals surface area contributed by atoms with E-state index in [-0.39, 0.29) is 6.61 Å². The summed E-state index contributed by atoms with van der Waals surface area (Å²) in [6.45, 7) is 6.59. The van der Waals surface area contributed by atoms with Gasteiger partial charge in [-0.2, -0.15) is 5.10 Å². The minimum absolute atomic E-state index is 0.169. The van der Waals surface area contributed by atoms with Crippen molar-refractivity contribution >= 4 is 11.3 Å². The fourth-order valence-corrected chi connectivity index (χ4v) is 3.66. The Balaban J connectivity index is 1.78. The highest BCUT2D eigenvalue weighted by molar-refractivity contribution is 7.09. The average Bonchev–Trinajstić information content (AvgIpc) is 3.17. The molecule has 1 aromatic carbocycles. The third kappa shape index (κ3) is 4.12. The Morgan fingerprint density at radius 1 is 1.12 bits per heavy atom. The van der Waals surface area contributed by atoms with Crippen LogP contribution in [0.4, 0.5) is 0 Å². The van der Waals surface area contributed by atoms with Crippen LogP contribution in [0.1, 0.15) is 21.8 Å². The third-order valence-electron chi connectivity index (χ3n) is 3.95. The van der Waals surface area contributed by atoms with Crippen molar-refractivity contribution in [3.8, 4) is 5.69 Å². The molecule has 1 N–H and O–H groups in total.